The minimum atomic E-state index is -0.328. The average molecular weight is 251 g/mol. The number of rotatable bonds is 7. The Bertz CT molecular complexity index is 405. The van der Waals surface area contributed by atoms with Crippen LogP contribution < -0.4 is 5.32 Å². The number of benzene rings is 1. The van der Waals surface area contributed by atoms with E-state index in [0.717, 1.165) is 25.1 Å². The minimum absolute atomic E-state index is 0.197. The fourth-order valence-corrected chi connectivity index (χ4v) is 1.71. The van der Waals surface area contributed by atoms with Crippen molar-refractivity contribution in [3.8, 4) is 0 Å². The van der Waals surface area contributed by atoms with Crippen molar-refractivity contribution in [2.75, 3.05) is 27.2 Å². The van der Waals surface area contributed by atoms with Gasteiger partial charge in [0, 0.05) is 18.2 Å². The van der Waals surface area contributed by atoms with Crippen molar-refractivity contribution in [3.63, 3.8) is 0 Å². The Morgan fingerprint density at radius 2 is 2.11 bits per heavy atom. The largest absolute Gasteiger partial charge is 0.313 e. The second-order valence-electron chi connectivity index (χ2n) is 4.71. The molecule has 0 bridgehead atoms. The zero-order valence-electron chi connectivity index (χ0n) is 11.3. The van der Waals surface area contributed by atoms with Crippen molar-refractivity contribution in [2.45, 2.75) is 19.9 Å². The van der Waals surface area contributed by atoms with Crippen LogP contribution in [0.25, 0.3) is 0 Å². The Morgan fingerprint density at radius 1 is 1.39 bits per heavy atom. The Hall–Kier alpha value is -1.46. The first-order chi connectivity index (χ1) is 8.50. The van der Waals surface area contributed by atoms with E-state index in [-0.39, 0.29) is 10.6 Å². The third kappa shape index (κ3) is 4.81. The second kappa shape index (κ2) is 7.08. The van der Waals surface area contributed by atoms with Gasteiger partial charge < -0.3 is 10.2 Å². The van der Waals surface area contributed by atoms with Crippen LogP contribution in [0.4, 0.5) is 5.69 Å². The van der Waals surface area contributed by atoms with Gasteiger partial charge in [0.05, 0.1) is 4.92 Å². The molecule has 1 aromatic rings. The van der Waals surface area contributed by atoms with Gasteiger partial charge in [0.15, 0.2) is 0 Å². The van der Waals surface area contributed by atoms with Gasteiger partial charge in [-0.3, -0.25) is 10.1 Å². The highest BCUT2D eigenvalue weighted by molar-refractivity contribution is 5.42. The van der Waals surface area contributed by atoms with Crippen LogP contribution in [0.5, 0.6) is 0 Å². The summed E-state index contributed by atoms with van der Waals surface area (Å²) in [6.45, 7) is 4.39. The number of aryl methyl sites for hydroxylation is 1. The van der Waals surface area contributed by atoms with Gasteiger partial charge in [-0.05, 0) is 46.1 Å². The minimum Gasteiger partial charge on any atom is -0.313 e. The molecule has 1 N–H and O–H groups in total. The lowest BCUT2D eigenvalue weighted by Crippen LogP contribution is -2.21. The summed E-state index contributed by atoms with van der Waals surface area (Å²) in [5, 5.41) is 14.1. The maximum atomic E-state index is 10.8. The highest BCUT2D eigenvalue weighted by Crippen LogP contribution is 2.18. The van der Waals surface area contributed by atoms with Gasteiger partial charge in [-0.1, -0.05) is 12.1 Å². The fraction of sp³-hybridized carbons (Fsp3) is 0.538. The number of nitrogens with one attached hydrogen (secondary N) is 1. The molecule has 0 radical (unpaired) electrons. The topological polar surface area (TPSA) is 58.4 Å². The first-order valence-corrected chi connectivity index (χ1v) is 6.10. The molecule has 0 aliphatic rings. The summed E-state index contributed by atoms with van der Waals surface area (Å²) in [4.78, 5) is 12.6. The van der Waals surface area contributed by atoms with Gasteiger partial charge >= 0.3 is 0 Å². The molecule has 0 atom stereocenters. The summed E-state index contributed by atoms with van der Waals surface area (Å²) in [7, 11) is 4.09. The molecule has 0 saturated heterocycles. The van der Waals surface area contributed by atoms with Gasteiger partial charge in [0.2, 0.25) is 0 Å². The third-order valence-corrected chi connectivity index (χ3v) is 2.76. The van der Waals surface area contributed by atoms with Crippen LogP contribution in [0.3, 0.4) is 0 Å². The maximum Gasteiger partial charge on any atom is 0.272 e. The van der Waals surface area contributed by atoms with Gasteiger partial charge in [0.1, 0.15) is 0 Å². The molecule has 18 heavy (non-hydrogen) atoms. The summed E-state index contributed by atoms with van der Waals surface area (Å²) in [5.41, 5.74) is 1.86. The molecule has 0 heterocycles. The van der Waals surface area contributed by atoms with E-state index in [0.29, 0.717) is 12.1 Å². The fourth-order valence-electron chi connectivity index (χ4n) is 1.71. The van der Waals surface area contributed by atoms with E-state index in [9.17, 15) is 10.1 Å². The molecule has 1 rings (SSSR count). The van der Waals surface area contributed by atoms with Crippen LogP contribution in [0.2, 0.25) is 0 Å². The van der Waals surface area contributed by atoms with Crippen molar-refractivity contribution in [1.29, 1.82) is 0 Å². The van der Waals surface area contributed by atoms with Gasteiger partial charge in [-0.15, -0.1) is 0 Å². The van der Waals surface area contributed by atoms with E-state index < -0.39 is 0 Å². The van der Waals surface area contributed by atoms with Crippen LogP contribution in [-0.2, 0) is 6.54 Å². The van der Waals surface area contributed by atoms with Crippen LogP contribution in [-0.4, -0.2) is 37.0 Å². The Kier molecular flexibility index (Phi) is 5.74. The van der Waals surface area contributed by atoms with Gasteiger partial charge in [-0.2, -0.15) is 0 Å². The van der Waals surface area contributed by atoms with E-state index in [4.69, 9.17) is 0 Å². The molecule has 0 aliphatic carbocycles. The summed E-state index contributed by atoms with van der Waals surface area (Å²) in [6, 6.07) is 5.38. The lowest BCUT2D eigenvalue weighted by atomic mass is 10.1. The predicted molar refractivity (Wildman–Crippen MR) is 72.7 cm³/mol. The molecule has 0 fully saturated rings. The Morgan fingerprint density at radius 3 is 2.72 bits per heavy atom. The number of hydrogen-bond acceptors (Lipinski definition) is 4. The second-order valence-corrected chi connectivity index (χ2v) is 4.71. The zero-order chi connectivity index (χ0) is 13.5. The van der Waals surface area contributed by atoms with Gasteiger partial charge in [-0.25, -0.2) is 0 Å². The maximum absolute atomic E-state index is 10.8. The van der Waals surface area contributed by atoms with Crippen molar-refractivity contribution < 1.29 is 4.92 Å². The lowest BCUT2D eigenvalue weighted by molar-refractivity contribution is -0.385. The molecule has 0 saturated carbocycles. The van der Waals surface area contributed by atoms with Crippen molar-refractivity contribution in [3.05, 3.63) is 39.4 Å². The first kappa shape index (κ1) is 14.6. The van der Waals surface area contributed by atoms with E-state index in [1.165, 1.54) is 0 Å². The zero-order valence-corrected chi connectivity index (χ0v) is 11.3. The molecular weight excluding hydrogens is 230 g/mol. The lowest BCUT2D eigenvalue weighted by Gasteiger charge is -2.10. The normalized spacial score (nSPS) is 10.9. The van der Waals surface area contributed by atoms with Crippen LogP contribution in [0.15, 0.2) is 18.2 Å². The SMILES string of the molecule is Cc1ccc(CNCCCN(C)C)cc1[N+](=O)[O-]. The molecule has 0 amide bonds. The molecule has 0 spiro atoms. The summed E-state index contributed by atoms with van der Waals surface area (Å²) in [6.07, 6.45) is 1.07. The Labute approximate surface area is 108 Å². The molecule has 5 nitrogen and oxygen atoms in total. The quantitative estimate of drug-likeness (QED) is 0.457. The molecule has 0 aliphatic heterocycles. The number of hydrogen-bond donors (Lipinski definition) is 1. The molecule has 0 unspecified atom stereocenters. The highest BCUT2D eigenvalue weighted by atomic mass is 16.6. The smallest absolute Gasteiger partial charge is 0.272 e. The van der Waals surface area contributed by atoms with Gasteiger partial charge in [0.25, 0.3) is 5.69 Å². The first-order valence-electron chi connectivity index (χ1n) is 6.10. The van der Waals surface area contributed by atoms with Crippen molar-refractivity contribution in [1.82, 2.24) is 10.2 Å². The van der Waals surface area contributed by atoms with Crippen molar-refractivity contribution >= 4 is 5.69 Å². The predicted octanol–water partition coefficient (Wildman–Crippen LogP) is 1.94. The summed E-state index contributed by atoms with van der Waals surface area (Å²) >= 11 is 0. The molecular formula is C13H21N3O2. The van der Waals surface area contributed by atoms with Crippen LogP contribution in [0.1, 0.15) is 17.5 Å². The highest BCUT2D eigenvalue weighted by Gasteiger charge is 2.10. The third-order valence-electron chi connectivity index (χ3n) is 2.76. The average Bonchev–Trinajstić information content (AvgIpc) is 2.30. The number of nitro groups is 1. The van der Waals surface area contributed by atoms with E-state index in [1.54, 1.807) is 19.1 Å². The van der Waals surface area contributed by atoms with E-state index in [2.05, 4.69) is 10.2 Å². The van der Waals surface area contributed by atoms with E-state index >= 15 is 0 Å². The molecule has 0 aromatic heterocycles. The molecule has 5 heteroatoms. The van der Waals surface area contributed by atoms with Crippen molar-refractivity contribution in [2.24, 2.45) is 0 Å². The molecule has 1 aromatic carbocycles. The van der Waals surface area contributed by atoms with E-state index in [1.807, 2.05) is 20.2 Å². The van der Waals surface area contributed by atoms with Crippen LogP contribution in [0, 0.1) is 17.0 Å². The summed E-state index contributed by atoms with van der Waals surface area (Å²) in [5.74, 6) is 0. The summed E-state index contributed by atoms with van der Waals surface area (Å²) < 4.78 is 0. The number of nitro benzene ring substituents is 1. The Balaban J connectivity index is 2.43. The standard InChI is InChI=1S/C13H21N3O2/c1-11-5-6-12(9-13(11)16(17)18)10-14-7-4-8-15(2)3/h5-6,9,14H,4,7-8,10H2,1-3H3. The van der Waals surface area contributed by atoms with Crippen LogP contribution >= 0.6 is 0 Å². The molecule has 100 valence electrons. The number of nitrogens with zero attached hydrogens (tertiary/aromatic N) is 2. The monoisotopic (exact) mass is 251 g/mol.